The lowest BCUT2D eigenvalue weighted by atomic mass is 10.2. The van der Waals surface area contributed by atoms with E-state index < -0.39 is 0 Å². The fraction of sp³-hybridized carbons (Fsp3) is 0.278. The van der Waals surface area contributed by atoms with Crippen LogP contribution in [0.25, 0.3) is 11.4 Å². The van der Waals surface area contributed by atoms with E-state index in [1.807, 2.05) is 30.3 Å². The van der Waals surface area contributed by atoms with Crippen molar-refractivity contribution in [3.05, 3.63) is 59.2 Å². The van der Waals surface area contributed by atoms with E-state index in [1.165, 1.54) is 0 Å². The highest BCUT2D eigenvalue weighted by Gasteiger charge is 2.08. The molecule has 1 aromatic carbocycles. The minimum atomic E-state index is 0.435. The van der Waals surface area contributed by atoms with Gasteiger partial charge in [-0.2, -0.15) is 4.98 Å². The zero-order chi connectivity index (χ0) is 16.8. The van der Waals surface area contributed by atoms with E-state index in [1.54, 1.807) is 12.3 Å². The Morgan fingerprint density at radius 2 is 2.00 bits per heavy atom. The van der Waals surface area contributed by atoms with Crippen molar-refractivity contribution in [2.75, 3.05) is 0 Å². The van der Waals surface area contributed by atoms with E-state index in [4.69, 9.17) is 20.9 Å². The number of unbranched alkanes of at least 4 members (excludes halogenated alkanes) is 1. The van der Waals surface area contributed by atoms with Crippen LogP contribution in [0.4, 0.5) is 0 Å². The molecule has 0 spiro atoms. The molecule has 24 heavy (non-hydrogen) atoms. The quantitative estimate of drug-likeness (QED) is 0.581. The molecule has 0 aliphatic heterocycles. The largest absolute Gasteiger partial charge is 0.489 e. The number of rotatable bonds is 7. The number of hydrogen-bond donors (Lipinski definition) is 0. The van der Waals surface area contributed by atoms with Gasteiger partial charge in [0.1, 0.15) is 17.5 Å². The minimum Gasteiger partial charge on any atom is -0.489 e. The summed E-state index contributed by atoms with van der Waals surface area (Å²) in [4.78, 5) is 8.36. The Balaban J connectivity index is 1.61. The first-order valence-electron chi connectivity index (χ1n) is 7.91. The van der Waals surface area contributed by atoms with Crippen LogP contribution in [-0.2, 0) is 13.0 Å². The number of hydrogen-bond acceptors (Lipinski definition) is 5. The number of aryl methyl sites for hydroxylation is 1. The van der Waals surface area contributed by atoms with Gasteiger partial charge in [0.15, 0.2) is 0 Å². The van der Waals surface area contributed by atoms with Gasteiger partial charge in [0.25, 0.3) is 0 Å². The molecule has 5 nitrogen and oxygen atoms in total. The summed E-state index contributed by atoms with van der Waals surface area (Å²) < 4.78 is 11.0. The van der Waals surface area contributed by atoms with Gasteiger partial charge in [0, 0.05) is 18.2 Å². The standard InChI is InChI=1S/C18H18ClN3O2/c1-2-3-4-17-21-18(22-24-17)14-5-7-15(8-6-14)23-12-13-9-10-20-16(19)11-13/h5-11H,2-4,12H2,1H3. The van der Waals surface area contributed by atoms with Gasteiger partial charge in [-0.3, -0.25) is 0 Å². The van der Waals surface area contributed by atoms with Crippen molar-refractivity contribution in [3.8, 4) is 17.1 Å². The van der Waals surface area contributed by atoms with Crippen molar-refractivity contribution in [1.82, 2.24) is 15.1 Å². The highest BCUT2D eigenvalue weighted by atomic mass is 35.5. The van der Waals surface area contributed by atoms with Crippen molar-refractivity contribution >= 4 is 11.6 Å². The van der Waals surface area contributed by atoms with Crippen molar-refractivity contribution in [1.29, 1.82) is 0 Å². The highest BCUT2D eigenvalue weighted by Crippen LogP contribution is 2.21. The topological polar surface area (TPSA) is 61.0 Å². The molecule has 0 bridgehead atoms. The number of benzene rings is 1. The molecule has 3 rings (SSSR count). The summed E-state index contributed by atoms with van der Waals surface area (Å²) in [7, 11) is 0. The molecule has 0 aliphatic carbocycles. The average molecular weight is 344 g/mol. The zero-order valence-corrected chi connectivity index (χ0v) is 14.2. The van der Waals surface area contributed by atoms with Crippen LogP contribution in [0, 0.1) is 0 Å². The fourth-order valence-corrected chi connectivity index (χ4v) is 2.40. The molecule has 0 N–H and O–H groups in total. The summed E-state index contributed by atoms with van der Waals surface area (Å²) in [5.74, 6) is 2.05. The molecule has 124 valence electrons. The average Bonchev–Trinajstić information content (AvgIpc) is 3.08. The molecule has 0 saturated carbocycles. The second-order valence-corrected chi connectivity index (χ2v) is 5.80. The van der Waals surface area contributed by atoms with Crippen LogP contribution in [0.5, 0.6) is 5.75 Å². The third kappa shape index (κ3) is 4.32. The number of nitrogens with zero attached hydrogens (tertiary/aromatic N) is 3. The van der Waals surface area contributed by atoms with Crippen molar-refractivity contribution in [3.63, 3.8) is 0 Å². The van der Waals surface area contributed by atoms with Gasteiger partial charge in [-0.15, -0.1) is 0 Å². The molecule has 6 heteroatoms. The molecule has 0 radical (unpaired) electrons. The molecular weight excluding hydrogens is 326 g/mol. The smallest absolute Gasteiger partial charge is 0.226 e. The van der Waals surface area contributed by atoms with Gasteiger partial charge in [-0.05, 0) is 48.4 Å². The Kier molecular flexibility index (Phi) is 5.43. The van der Waals surface area contributed by atoms with E-state index in [-0.39, 0.29) is 0 Å². The van der Waals surface area contributed by atoms with E-state index in [0.717, 1.165) is 36.1 Å². The first kappa shape index (κ1) is 16.5. The second kappa shape index (κ2) is 7.93. The maximum Gasteiger partial charge on any atom is 0.226 e. The van der Waals surface area contributed by atoms with Crippen LogP contribution < -0.4 is 4.74 Å². The van der Waals surface area contributed by atoms with Gasteiger partial charge < -0.3 is 9.26 Å². The molecule has 0 saturated heterocycles. The number of ether oxygens (including phenoxy) is 1. The maximum absolute atomic E-state index is 5.86. The molecule has 2 aromatic heterocycles. The first-order chi connectivity index (χ1) is 11.7. The van der Waals surface area contributed by atoms with Crippen LogP contribution in [0.1, 0.15) is 31.2 Å². The van der Waals surface area contributed by atoms with Crippen molar-refractivity contribution in [2.24, 2.45) is 0 Å². The van der Waals surface area contributed by atoms with Gasteiger partial charge in [0.2, 0.25) is 11.7 Å². The second-order valence-electron chi connectivity index (χ2n) is 5.42. The molecule has 0 aliphatic rings. The lowest BCUT2D eigenvalue weighted by Crippen LogP contribution is -1.95. The SMILES string of the molecule is CCCCc1nc(-c2ccc(OCc3ccnc(Cl)c3)cc2)no1. The van der Waals surface area contributed by atoms with Gasteiger partial charge in [-0.1, -0.05) is 30.1 Å². The lowest BCUT2D eigenvalue weighted by molar-refractivity contribution is 0.306. The van der Waals surface area contributed by atoms with Crippen LogP contribution in [0.3, 0.4) is 0 Å². The Labute approximate surface area is 145 Å². The summed E-state index contributed by atoms with van der Waals surface area (Å²) in [5, 5.41) is 4.48. The summed E-state index contributed by atoms with van der Waals surface area (Å²) >= 11 is 5.86. The molecule has 3 aromatic rings. The number of pyridine rings is 1. The van der Waals surface area contributed by atoms with Gasteiger partial charge >= 0.3 is 0 Å². The molecule has 0 amide bonds. The predicted octanol–water partition coefficient (Wildman–Crippen LogP) is 4.71. The van der Waals surface area contributed by atoms with Gasteiger partial charge in [-0.25, -0.2) is 4.98 Å². The van der Waals surface area contributed by atoms with Crippen LogP contribution in [0.2, 0.25) is 5.15 Å². The summed E-state index contributed by atoms with van der Waals surface area (Å²) in [6, 6.07) is 11.3. The molecule has 0 fully saturated rings. The summed E-state index contributed by atoms with van der Waals surface area (Å²) in [6.07, 6.45) is 4.63. The van der Waals surface area contributed by atoms with E-state index in [2.05, 4.69) is 22.0 Å². The predicted molar refractivity (Wildman–Crippen MR) is 91.9 cm³/mol. The van der Waals surface area contributed by atoms with Crippen molar-refractivity contribution in [2.45, 2.75) is 32.8 Å². The normalized spacial score (nSPS) is 10.8. The summed E-state index contributed by atoms with van der Waals surface area (Å²) in [5.41, 5.74) is 1.87. The third-order valence-electron chi connectivity index (χ3n) is 3.52. The van der Waals surface area contributed by atoms with Gasteiger partial charge in [0.05, 0.1) is 0 Å². The lowest BCUT2D eigenvalue weighted by Gasteiger charge is -2.06. The highest BCUT2D eigenvalue weighted by molar-refractivity contribution is 6.29. The number of aromatic nitrogens is 3. The minimum absolute atomic E-state index is 0.435. The Morgan fingerprint density at radius 3 is 2.75 bits per heavy atom. The van der Waals surface area contributed by atoms with E-state index in [0.29, 0.717) is 23.5 Å². The zero-order valence-electron chi connectivity index (χ0n) is 13.4. The Hall–Kier alpha value is -2.40. The van der Waals surface area contributed by atoms with E-state index >= 15 is 0 Å². The van der Waals surface area contributed by atoms with E-state index in [9.17, 15) is 0 Å². The third-order valence-corrected chi connectivity index (χ3v) is 3.73. The molecule has 0 unspecified atom stereocenters. The monoisotopic (exact) mass is 343 g/mol. The fourth-order valence-electron chi connectivity index (χ4n) is 2.20. The molecule has 2 heterocycles. The van der Waals surface area contributed by atoms with Crippen molar-refractivity contribution < 1.29 is 9.26 Å². The number of halogens is 1. The van der Waals surface area contributed by atoms with Crippen LogP contribution >= 0.6 is 11.6 Å². The molecule has 0 atom stereocenters. The van der Waals surface area contributed by atoms with Crippen LogP contribution in [-0.4, -0.2) is 15.1 Å². The Bertz CT molecular complexity index is 787. The molecular formula is C18H18ClN3O2. The Morgan fingerprint density at radius 1 is 1.17 bits per heavy atom. The maximum atomic E-state index is 5.86. The summed E-state index contributed by atoms with van der Waals surface area (Å²) in [6.45, 7) is 2.57. The van der Waals surface area contributed by atoms with Crippen LogP contribution in [0.15, 0.2) is 47.1 Å². The first-order valence-corrected chi connectivity index (χ1v) is 8.28.